The van der Waals surface area contributed by atoms with E-state index in [0.29, 0.717) is 6.54 Å². The maximum atomic E-state index is 12.5. The maximum absolute atomic E-state index is 12.5. The Balaban J connectivity index is 1.28. The van der Waals surface area contributed by atoms with Crippen molar-refractivity contribution in [1.82, 2.24) is 14.7 Å². The SMILES string of the molecule is O=C1C2CCCCN2C(=O)N1CCN1CCN(c2ccccc2)CC1. The first kappa shape index (κ1) is 16.4. The third kappa shape index (κ3) is 3.23. The molecule has 1 unspecified atom stereocenters. The van der Waals surface area contributed by atoms with Gasteiger partial charge in [-0.1, -0.05) is 18.2 Å². The number of para-hydroxylation sites is 1. The first-order valence-electron chi connectivity index (χ1n) is 9.38. The molecule has 134 valence electrons. The number of rotatable bonds is 4. The lowest BCUT2D eigenvalue weighted by molar-refractivity contribution is -0.129. The molecule has 3 saturated heterocycles. The third-order valence-corrected chi connectivity index (χ3v) is 5.66. The van der Waals surface area contributed by atoms with Gasteiger partial charge in [0.1, 0.15) is 6.04 Å². The third-order valence-electron chi connectivity index (χ3n) is 5.66. The zero-order chi connectivity index (χ0) is 17.2. The molecule has 0 radical (unpaired) electrons. The predicted octanol–water partition coefficient (Wildman–Crippen LogP) is 1.63. The minimum Gasteiger partial charge on any atom is -0.369 e. The number of urea groups is 1. The summed E-state index contributed by atoms with van der Waals surface area (Å²) >= 11 is 0. The van der Waals surface area contributed by atoms with Crippen LogP contribution in [-0.4, -0.2) is 78.5 Å². The monoisotopic (exact) mass is 342 g/mol. The highest BCUT2D eigenvalue weighted by atomic mass is 16.2. The van der Waals surface area contributed by atoms with Gasteiger partial charge in [0.2, 0.25) is 0 Å². The van der Waals surface area contributed by atoms with Gasteiger partial charge in [-0.25, -0.2) is 4.79 Å². The minimum atomic E-state index is -0.184. The summed E-state index contributed by atoms with van der Waals surface area (Å²) in [7, 11) is 0. The molecule has 0 bridgehead atoms. The normalized spacial score (nSPS) is 24.8. The molecule has 0 N–H and O–H groups in total. The molecule has 3 fully saturated rings. The second-order valence-electron chi connectivity index (χ2n) is 7.14. The number of hydrogen-bond acceptors (Lipinski definition) is 4. The molecule has 3 heterocycles. The van der Waals surface area contributed by atoms with Gasteiger partial charge < -0.3 is 9.80 Å². The molecule has 3 aliphatic heterocycles. The van der Waals surface area contributed by atoms with Gasteiger partial charge in [-0.05, 0) is 31.4 Å². The van der Waals surface area contributed by atoms with Crippen LogP contribution in [0.1, 0.15) is 19.3 Å². The number of amides is 3. The number of anilines is 1. The Hall–Kier alpha value is -2.08. The Labute approximate surface area is 149 Å². The van der Waals surface area contributed by atoms with Crippen LogP contribution in [-0.2, 0) is 4.79 Å². The van der Waals surface area contributed by atoms with Gasteiger partial charge in [0, 0.05) is 51.5 Å². The van der Waals surface area contributed by atoms with E-state index in [1.54, 1.807) is 4.90 Å². The number of fused-ring (bicyclic) bond motifs is 1. The molecule has 1 atom stereocenters. The first-order valence-corrected chi connectivity index (χ1v) is 9.38. The molecule has 3 aliphatic rings. The molecule has 0 saturated carbocycles. The van der Waals surface area contributed by atoms with Gasteiger partial charge in [-0.15, -0.1) is 0 Å². The van der Waals surface area contributed by atoms with E-state index in [0.717, 1.165) is 58.5 Å². The molecule has 0 aromatic heterocycles. The van der Waals surface area contributed by atoms with Crippen molar-refractivity contribution in [3.8, 4) is 0 Å². The number of nitrogens with zero attached hydrogens (tertiary/aromatic N) is 4. The summed E-state index contributed by atoms with van der Waals surface area (Å²) in [4.78, 5) is 33.0. The van der Waals surface area contributed by atoms with E-state index in [2.05, 4.69) is 34.1 Å². The van der Waals surface area contributed by atoms with E-state index in [1.165, 1.54) is 10.6 Å². The lowest BCUT2D eigenvalue weighted by atomic mass is 10.0. The number of piperidine rings is 1. The summed E-state index contributed by atoms with van der Waals surface area (Å²) in [6.07, 6.45) is 2.90. The molecular formula is C19H26N4O2. The number of imide groups is 1. The summed E-state index contributed by atoms with van der Waals surface area (Å²) in [5, 5.41) is 0. The molecule has 6 nitrogen and oxygen atoms in total. The number of carbonyl (C=O) groups excluding carboxylic acids is 2. The fourth-order valence-electron chi connectivity index (χ4n) is 4.16. The fourth-order valence-corrected chi connectivity index (χ4v) is 4.16. The molecular weight excluding hydrogens is 316 g/mol. The topological polar surface area (TPSA) is 47.1 Å². The minimum absolute atomic E-state index is 0.0209. The lowest BCUT2D eigenvalue weighted by Gasteiger charge is -2.36. The molecule has 3 amide bonds. The quantitative estimate of drug-likeness (QED) is 0.780. The highest BCUT2D eigenvalue weighted by Gasteiger charge is 2.45. The van der Waals surface area contributed by atoms with Crippen LogP contribution >= 0.6 is 0 Å². The van der Waals surface area contributed by atoms with Crippen molar-refractivity contribution >= 4 is 17.6 Å². The van der Waals surface area contributed by atoms with Crippen LogP contribution in [0, 0.1) is 0 Å². The second-order valence-corrected chi connectivity index (χ2v) is 7.14. The highest BCUT2D eigenvalue weighted by Crippen LogP contribution is 2.26. The van der Waals surface area contributed by atoms with E-state index in [9.17, 15) is 9.59 Å². The van der Waals surface area contributed by atoms with E-state index in [1.807, 2.05) is 6.07 Å². The van der Waals surface area contributed by atoms with Crippen molar-refractivity contribution in [2.75, 3.05) is 50.7 Å². The van der Waals surface area contributed by atoms with Crippen molar-refractivity contribution in [2.24, 2.45) is 0 Å². The van der Waals surface area contributed by atoms with Crippen molar-refractivity contribution in [3.05, 3.63) is 30.3 Å². The van der Waals surface area contributed by atoms with Crippen LogP contribution in [0.5, 0.6) is 0 Å². The Bertz CT molecular complexity index is 604. The Morgan fingerprint density at radius 3 is 2.36 bits per heavy atom. The average Bonchev–Trinajstić information content (AvgIpc) is 2.92. The summed E-state index contributed by atoms with van der Waals surface area (Å²) in [6.45, 7) is 5.95. The first-order chi connectivity index (χ1) is 12.2. The summed E-state index contributed by atoms with van der Waals surface area (Å²) in [5.74, 6) is 0.0209. The number of piperazine rings is 1. The van der Waals surface area contributed by atoms with Crippen molar-refractivity contribution < 1.29 is 9.59 Å². The summed E-state index contributed by atoms with van der Waals surface area (Å²) < 4.78 is 0. The van der Waals surface area contributed by atoms with Crippen LogP contribution in [0.15, 0.2) is 30.3 Å². The number of carbonyl (C=O) groups is 2. The average molecular weight is 342 g/mol. The number of hydrogen-bond donors (Lipinski definition) is 0. The van der Waals surface area contributed by atoms with Gasteiger partial charge in [-0.3, -0.25) is 14.6 Å². The van der Waals surface area contributed by atoms with Gasteiger partial charge in [0.15, 0.2) is 0 Å². The standard InChI is InChI=1S/C19H26N4O2/c24-18-17-8-4-5-9-22(17)19(25)23(18)15-12-20-10-13-21(14-11-20)16-6-2-1-3-7-16/h1-3,6-7,17H,4-5,8-15H2. The molecule has 6 heteroatoms. The summed E-state index contributed by atoms with van der Waals surface area (Å²) in [5.41, 5.74) is 1.27. The molecule has 0 spiro atoms. The van der Waals surface area contributed by atoms with Crippen LogP contribution in [0.4, 0.5) is 10.5 Å². The maximum Gasteiger partial charge on any atom is 0.327 e. The van der Waals surface area contributed by atoms with Crippen molar-refractivity contribution in [3.63, 3.8) is 0 Å². The van der Waals surface area contributed by atoms with Crippen LogP contribution in [0.25, 0.3) is 0 Å². The van der Waals surface area contributed by atoms with E-state index >= 15 is 0 Å². The molecule has 1 aromatic rings. The molecule has 0 aliphatic carbocycles. The number of benzene rings is 1. The van der Waals surface area contributed by atoms with Crippen LogP contribution < -0.4 is 4.90 Å². The molecule has 25 heavy (non-hydrogen) atoms. The smallest absolute Gasteiger partial charge is 0.327 e. The fraction of sp³-hybridized carbons (Fsp3) is 0.579. The Kier molecular flexibility index (Phi) is 4.61. The molecule has 1 aromatic carbocycles. The van der Waals surface area contributed by atoms with Crippen molar-refractivity contribution in [2.45, 2.75) is 25.3 Å². The van der Waals surface area contributed by atoms with E-state index in [4.69, 9.17) is 0 Å². The van der Waals surface area contributed by atoms with E-state index in [-0.39, 0.29) is 18.0 Å². The van der Waals surface area contributed by atoms with Gasteiger partial charge >= 0.3 is 6.03 Å². The van der Waals surface area contributed by atoms with Crippen LogP contribution in [0.2, 0.25) is 0 Å². The Morgan fingerprint density at radius 2 is 1.64 bits per heavy atom. The van der Waals surface area contributed by atoms with E-state index < -0.39 is 0 Å². The van der Waals surface area contributed by atoms with Crippen LogP contribution in [0.3, 0.4) is 0 Å². The molecule has 4 rings (SSSR count). The van der Waals surface area contributed by atoms with Gasteiger partial charge in [-0.2, -0.15) is 0 Å². The zero-order valence-corrected chi connectivity index (χ0v) is 14.6. The Morgan fingerprint density at radius 1 is 0.880 bits per heavy atom. The van der Waals surface area contributed by atoms with Gasteiger partial charge in [0.05, 0.1) is 0 Å². The zero-order valence-electron chi connectivity index (χ0n) is 14.6. The largest absolute Gasteiger partial charge is 0.369 e. The second kappa shape index (κ2) is 7.04. The highest BCUT2D eigenvalue weighted by molar-refractivity contribution is 6.04. The predicted molar refractivity (Wildman–Crippen MR) is 96.5 cm³/mol. The lowest BCUT2D eigenvalue weighted by Crippen LogP contribution is -2.49. The summed E-state index contributed by atoms with van der Waals surface area (Å²) in [6, 6.07) is 10.2. The van der Waals surface area contributed by atoms with Gasteiger partial charge in [0.25, 0.3) is 5.91 Å². The van der Waals surface area contributed by atoms with Crippen molar-refractivity contribution in [1.29, 1.82) is 0 Å².